The van der Waals surface area contributed by atoms with Crippen LogP contribution in [0.2, 0.25) is 0 Å². The van der Waals surface area contributed by atoms with Gasteiger partial charge >= 0.3 is 5.97 Å². The lowest BCUT2D eigenvalue weighted by Crippen LogP contribution is -2.47. The Labute approximate surface area is 120 Å². The molecule has 1 aliphatic heterocycles. The summed E-state index contributed by atoms with van der Waals surface area (Å²) in [6.07, 6.45) is 0.705. The molecule has 0 aliphatic carbocycles. The van der Waals surface area contributed by atoms with E-state index in [-0.39, 0.29) is 34.7 Å². The average Bonchev–Trinajstić information content (AvgIpc) is 2.75. The Hall–Kier alpha value is -1.45. The number of hydrogen-bond donors (Lipinski definition) is 3. The summed E-state index contributed by atoms with van der Waals surface area (Å²) in [5.41, 5.74) is 0. The lowest BCUT2D eigenvalue weighted by Gasteiger charge is -2.23. The minimum Gasteiger partial charge on any atom is -0.477 e. The molecule has 0 aromatic carbocycles. The van der Waals surface area contributed by atoms with Gasteiger partial charge < -0.3 is 10.4 Å². The molecule has 1 unspecified atom stereocenters. The van der Waals surface area contributed by atoms with E-state index in [2.05, 4.69) is 10.0 Å². The second-order valence-electron chi connectivity index (χ2n) is 4.50. The van der Waals surface area contributed by atoms with Gasteiger partial charge in [-0.25, -0.2) is 17.9 Å². The van der Waals surface area contributed by atoms with Crippen molar-refractivity contribution in [1.29, 1.82) is 0 Å². The van der Waals surface area contributed by atoms with Gasteiger partial charge in [0.15, 0.2) is 0 Å². The van der Waals surface area contributed by atoms with Crippen LogP contribution in [0.1, 0.15) is 27.4 Å². The van der Waals surface area contributed by atoms with Crippen LogP contribution in [0.5, 0.6) is 0 Å². The molecule has 0 spiro atoms. The third kappa shape index (κ3) is 3.17. The zero-order valence-electron chi connectivity index (χ0n) is 10.7. The van der Waals surface area contributed by atoms with Crippen LogP contribution in [0.4, 0.5) is 0 Å². The van der Waals surface area contributed by atoms with E-state index in [4.69, 9.17) is 5.11 Å². The highest BCUT2D eigenvalue weighted by Crippen LogP contribution is 2.26. The number of carbonyl (C=O) groups excluding carboxylic acids is 1. The second-order valence-corrected chi connectivity index (χ2v) is 7.44. The van der Waals surface area contributed by atoms with Crippen molar-refractivity contribution in [3.8, 4) is 0 Å². The number of nitrogens with one attached hydrogen (secondary N) is 2. The molecule has 1 fully saturated rings. The summed E-state index contributed by atoms with van der Waals surface area (Å²) >= 11 is 0.923. The number of amides is 1. The summed E-state index contributed by atoms with van der Waals surface area (Å²) in [6, 6.07) is 0.789. The van der Waals surface area contributed by atoms with E-state index in [0.717, 1.165) is 17.4 Å². The van der Waals surface area contributed by atoms with Crippen LogP contribution in [0, 0.1) is 6.92 Å². The number of aryl methyl sites for hydroxylation is 1. The van der Waals surface area contributed by atoms with Crippen molar-refractivity contribution in [2.45, 2.75) is 30.7 Å². The minimum absolute atomic E-state index is 0.0141. The summed E-state index contributed by atoms with van der Waals surface area (Å²) in [5.74, 6) is -1.25. The predicted octanol–water partition coefficient (Wildman–Crippen LogP) is 0.312. The Bertz CT molecular complexity index is 640. The summed E-state index contributed by atoms with van der Waals surface area (Å²) in [5, 5.41) is 11.5. The topological polar surface area (TPSA) is 113 Å². The Morgan fingerprint density at radius 1 is 1.55 bits per heavy atom. The van der Waals surface area contributed by atoms with Crippen LogP contribution in [-0.4, -0.2) is 38.0 Å². The molecular formula is C11H14N2O5S2. The number of carboxylic acid groups (broad SMARTS) is 1. The van der Waals surface area contributed by atoms with Crippen LogP contribution in [0.3, 0.4) is 0 Å². The van der Waals surface area contributed by atoms with E-state index in [1.54, 1.807) is 6.92 Å². The summed E-state index contributed by atoms with van der Waals surface area (Å²) < 4.78 is 27.0. The largest absolute Gasteiger partial charge is 0.477 e. The van der Waals surface area contributed by atoms with Crippen molar-refractivity contribution in [3.63, 3.8) is 0 Å². The highest BCUT2D eigenvalue weighted by Gasteiger charge is 2.27. The number of sulfonamides is 1. The molecule has 0 radical (unpaired) electrons. The fourth-order valence-electron chi connectivity index (χ4n) is 1.95. The molecule has 3 N–H and O–H groups in total. The lowest BCUT2D eigenvalue weighted by molar-refractivity contribution is -0.122. The fourth-order valence-corrected chi connectivity index (χ4v) is 4.65. The second kappa shape index (κ2) is 5.51. The predicted molar refractivity (Wildman–Crippen MR) is 72.4 cm³/mol. The molecule has 20 heavy (non-hydrogen) atoms. The van der Waals surface area contributed by atoms with E-state index in [1.165, 1.54) is 0 Å². The van der Waals surface area contributed by atoms with Crippen LogP contribution in [0.15, 0.2) is 11.0 Å². The van der Waals surface area contributed by atoms with E-state index < -0.39 is 16.0 Å². The lowest BCUT2D eigenvalue weighted by atomic mass is 10.1. The van der Waals surface area contributed by atoms with Crippen molar-refractivity contribution < 1.29 is 23.1 Å². The zero-order valence-corrected chi connectivity index (χ0v) is 12.3. The highest BCUT2D eigenvalue weighted by atomic mass is 32.2. The third-order valence-corrected chi connectivity index (χ3v) is 5.77. The van der Waals surface area contributed by atoms with Gasteiger partial charge in [0.2, 0.25) is 15.9 Å². The van der Waals surface area contributed by atoms with Crippen molar-refractivity contribution in [2.75, 3.05) is 6.54 Å². The van der Waals surface area contributed by atoms with Crippen LogP contribution >= 0.6 is 11.3 Å². The minimum atomic E-state index is -3.77. The van der Waals surface area contributed by atoms with E-state index in [9.17, 15) is 18.0 Å². The molecule has 2 rings (SSSR count). The molecule has 1 aliphatic rings. The van der Waals surface area contributed by atoms with Gasteiger partial charge in [0, 0.05) is 23.9 Å². The molecule has 7 nitrogen and oxygen atoms in total. The fraction of sp³-hybridized carbons (Fsp3) is 0.455. The Kier molecular flexibility index (Phi) is 4.11. The van der Waals surface area contributed by atoms with Gasteiger partial charge in [0.05, 0.1) is 4.90 Å². The molecule has 9 heteroatoms. The standard InChI is InChI=1S/C11H14N2O5S2/c1-6-9(4-8(19-6)11(15)16)20(17,18)13-7-2-3-10(14)12-5-7/h4,7,13H,2-3,5H2,1H3,(H,12,14)(H,15,16). The first-order valence-electron chi connectivity index (χ1n) is 5.92. The number of piperidine rings is 1. The summed E-state index contributed by atoms with van der Waals surface area (Å²) in [4.78, 5) is 22.3. The molecule has 0 bridgehead atoms. The Morgan fingerprint density at radius 2 is 2.25 bits per heavy atom. The normalized spacial score (nSPS) is 19.6. The maximum Gasteiger partial charge on any atom is 0.345 e. The first kappa shape index (κ1) is 14.9. The SMILES string of the molecule is Cc1sc(C(=O)O)cc1S(=O)(=O)NC1CCC(=O)NC1. The highest BCUT2D eigenvalue weighted by molar-refractivity contribution is 7.89. The first-order valence-corrected chi connectivity index (χ1v) is 8.22. The molecular weight excluding hydrogens is 304 g/mol. The van der Waals surface area contributed by atoms with Gasteiger partial charge in [-0.15, -0.1) is 11.3 Å². The summed E-state index contributed by atoms with van der Waals surface area (Å²) in [7, 11) is -3.77. The quantitative estimate of drug-likeness (QED) is 0.739. The number of thiophene rings is 1. The number of aromatic carboxylic acids is 1. The molecule has 2 heterocycles. The van der Waals surface area contributed by atoms with Crippen LogP contribution in [-0.2, 0) is 14.8 Å². The zero-order chi connectivity index (χ0) is 14.9. The van der Waals surface area contributed by atoms with Gasteiger partial charge in [0.1, 0.15) is 4.88 Å². The first-order chi connectivity index (χ1) is 9.29. The maximum absolute atomic E-state index is 12.2. The van der Waals surface area contributed by atoms with Gasteiger partial charge in [-0.3, -0.25) is 4.79 Å². The van der Waals surface area contributed by atoms with Gasteiger partial charge in [0.25, 0.3) is 0 Å². The molecule has 1 atom stereocenters. The van der Waals surface area contributed by atoms with Gasteiger partial charge in [-0.1, -0.05) is 0 Å². The Balaban J connectivity index is 2.18. The van der Waals surface area contributed by atoms with E-state index in [1.807, 2.05) is 0 Å². The van der Waals surface area contributed by atoms with Crippen molar-refractivity contribution in [2.24, 2.45) is 0 Å². The number of rotatable bonds is 4. The number of hydrogen-bond acceptors (Lipinski definition) is 5. The number of carboxylic acids is 1. The molecule has 1 amide bonds. The van der Waals surface area contributed by atoms with Crippen molar-refractivity contribution in [1.82, 2.24) is 10.0 Å². The molecule has 0 saturated carbocycles. The molecule has 1 saturated heterocycles. The van der Waals surface area contributed by atoms with Crippen LogP contribution in [0.25, 0.3) is 0 Å². The Morgan fingerprint density at radius 3 is 2.75 bits per heavy atom. The summed E-state index contributed by atoms with van der Waals surface area (Å²) in [6.45, 7) is 1.81. The van der Waals surface area contributed by atoms with Gasteiger partial charge in [-0.05, 0) is 19.4 Å². The molecule has 110 valence electrons. The number of carbonyl (C=O) groups is 2. The van der Waals surface area contributed by atoms with Crippen molar-refractivity contribution in [3.05, 3.63) is 15.8 Å². The smallest absolute Gasteiger partial charge is 0.345 e. The van der Waals surface area contributed by atoms with E-state index >= 15 is 0 Å². The monoisotopic (exact) mass is 318 g/mol. The molecule has 1 aromatic rings. The third-order valence-electron chi connectivity index (χ3n) is 2.96. The maximum atomic E-state index is 12.2. The van der Waals surface area contributed by atoms with E-state index in [0.29, 0.717) is 11.3 Å². The molecule has 1 aromatic heterocycles. The van der Waals surface area contributed by atoms with Gasteiger partial charge in [-0.2, -0.15) is 0 Å². The average molecular weight is 318 g/mol. The van der Waals surface area contributed by atoms with Crippen molar-refractivity contribution >= 4 is 33.2 Å². The van der Waals surface area contributed by atoms with Crippen LogP contribution < -0.4 is 10.0 Å².